The van der Waals surface area contributed by atoms with Crippen molar-refractivity contribution in [2.75, 3.05) is 27.2 Å². The molecule has 3 rings (SSSR count). The Labute approximate surface area is 165 Å². The fourth-order valence-corrected chi connectivity index (χ4v) is 2.85. The van der Waals surface area contributed by atoms with Crippen molar-refractivity contribution in [2.24, 2.45) is 0 Å². The number of rotatable bonds is 9. The first-order chi connectivity index (χ1) is 13.6. The summed E-state index contributed by atoms with van der Waals surface area (Å²) < 4.78 is 7.81. The van der Waals surface area contributed by atoms with Crippen LogP contribution in [0, 0.1) is 0 Å². The lowest BCUT2D eigenvalue weighted by Gasteiger charge is -2.15. The van der Waals surface area contributed by atoms with E-state index < -0.39 is 0 Å². The lowest BCUT2D eigenvalue weighted by atomic mass is 10.1. The van der Waals surface area contributed by atoms with Crippen LogP contribution in [0.4, 0.5) is 0 Å². The van der Waals surface area contributed by atoms with Gasteiger partial charge in [-0.05, 0) is 37.4 Å². The summed E-state index contributed by atoms with van der Waals surface area (Å²) in [4.78, 5) is 18.9. The first kappa shape index (κ1) is 19.6. The third kappa shape index (κ3) is 5.44. The molecule has 0 aliphatic heterocycles. The Hall–Kier alpha value is -3.12. The molecular formula is C22H26N4O2. The third-order valence-electron chi connectivity index (χ3n) is 4.40. The van der Waals surface area contributed by atoms with Gasteiger partial charge in [-0.15, -0.1) is 0 Å². The number of hydrogen-bond donors (Lipinski definition) is 1. The number of hydrogen-bond acceptors (Lipinski definition) is 4. The van der Waals surface area contributed by atoms with Crippen LogP contribution in [0.5, 0.6) is 5.75 Å². The van der Waals surface area contributed by atoms with Crippen LogP contribution in [0.2, 0.25) is 0 Å². The van der Waals surface area contributed by atoms with Crippen molar-refractivity contribution in [1.29, 1.82) is 0 Å². The molecule has 6 heteroatoms. The maximum Gasteiger partial charge on any atom is 0.255 e. The standard InChI is InChI=1S/C22H26N4O2/c1-25(2)13-14-28-21-10-6-5-9-20(21)22(27)24-15-18-7-3-4-8-19(18)16-26-12-11-23-17-26/h3-12,17H,13-16H2,1-2H3,(H,24,27). The van der Waals surface area contributed by atoms with Crippen LogP contribution in [0.3, 0.4) is 0 Å². The average Bonchev–Trinajstić information content (AvgIpc) is 3.20. The van der Waals surface area contributed by atoms with Gasteiger partial charge < -0.3 is 19.5 Å². The second-order valence-corrected chi connectivity index (χ2v) is 6.83. The van der Waals surface area contributed by atoms with Gasteiger partial charge in [-0.2, -0.15) is 0 Å². The van der Waals surface area contributed by atoms with Gasteiger partial charge in [0, 0.05) is 32.0 Å². The Morgan fingerprint density at radius 2 is 1.86 bits per heavy atom. The van der Waals surface area contributed by atoms with Crippen LogP contribution in [0.15, 0.2) is 67.3 Å². The molecule has 0 radical (unpaired) electrons. The Morgan fingerprint density at radius 3 is 2.61 bits per heavy atom. The molecule has 0 saturated heterocycles. The zero-order valence-corrected chi connectivity index (χ0v) is 16.3. The largest absolute Gasteiger partial charge is 0.491 e. The van der Waals surface area contributed by atoms with Gasteiger partial charge >= 0.3 is 0 Å². The van der Waals surface area contributed by atoms with Crippen LogP contribution in [-0.2, 0) is 13.1 Å². The minimum atomic E-state index is -0.141. The summed E-state index contributed by atoms with van der Waals surface area (Å²) in [5.41, 5.74) is 2.78. The predicted molar refractivity (Wildman–Crippen MR) is 109 cm³/mol. The van der Waals surface area contributed by atoms with Gasteiger partial charge in [0.05, 0.1) is 11.9 Å². The van der Waals surface area contributed by atoms with Gasteiger partial charge in [0.1, 0.15) is 12.4 Å². The number of amides is 1. The average molecular weight is 378 g/mol. The second kappa shape index (κ2) is 9.71. The minimum Gasteiger partial charge on any atom is -0.491 e. The van der Waals surface area contributed by atoms with E-state index in [2.05, 4.69) is 16.4 Å². The Kier molecular flexibility index (Phi) is 6.81. The van der Waals surface area contributed by atoms with E-state index in [9.17, 15) is 4.79 Å². The molecule has 0 spiro atoms. The number of carbonyl (C=O) groups excluding carboxylic acids is 1. The predicted octanol–water partition coefficient (Wildman–Crippen LogP) is 2.80. The van der Waals surface area contributed by atoms with Gasteiger partial charge in [-0.3, -0.25) is 4.79 Å². The molecule has 0 saturated carbocycles. The number of benzene rings is 2. The molecule has 3 aromatic rings. The Bertz CT molecular complexity index is 891. The zero-order valence-electron chi connectivity index (χ0n) is 16.3. The molecule has 0 unspecified atom stereocenters. The Balaban J connectivity index is 1.65. The normalized spacial score (nSPS) is 10.8. The van der Waals surface area contributed by atoms with Crippen molar-refractivity contribution in [3.8, 4) is 5.75 Å². The van der Waals surface area contributed by atoms with Gasteiger partial charge in [0.25, 0.3) is 5.91 Å². The summed E-state index contributed by atoms with van der Waals surface area (Å²) in [5.74, 6) is 0.464. The lowest BCUT2D eigenvalue weighted by Crippen LogP contribution is -2.25. The highest BCUT2D eigenvalue weighted by atomic mass is 16.5. The molecule has 0 aliphatic carbocycles. The van der Waals surface area contributed by atoms with Gasteiger partial charge in [0.2, 0.25) is 0 Å². The maximum atomic E-state index is 12.7. The lowest BCUT2D eigenvalue weighted by molar-refractivity contribution is 0.0946. The monoisotopic (exact) mass is 378 g/mol. The van der Waals surface area contributed by atoms with Crippen molar-refractivity contribution in [3.63, 3.8) is 0 Å². The molecule has 0 bridgehead atoms. The molecule has 0 fully saturated rings. The summed E-state index contributed by atoms with van der Waals surface area (Å²) in [6.07, 6.45) is 5.48. The van der Waals surface area contributed by atoms with E-state index in [-0.39, 0.29) is 5.91 Å². The Morgan fingerprint density at radius 1 is 1.11 bits per heavy atom. The van der Waals surface area contributed by atoms with E-state index in [4.69, 9.17) is 4.74 Å². The fourth-order valence-electron chi connectivity index (χ4n) is 2.85. The highest BCUT2D eigenvalue weighted by Gasteiger charge is 2.13. The van der Waals surface area contributed by atoms with Crippen molar-refractivity contribution < 1.29 is 9.53 Å². The quantitative estimate of drug-likeness (QED) is 0.622. The number of ether oxygens (including phenoxy) is 1. The molecule has 146 valence electrons. The highest BCUT2D eigenvalue weighted by Crippen LogP contribution is 2.18. The molecule has 1 aromatic heterocycles. The van der Waals surface area contributed by atoms with E-state index in [1.165, 1.54) is 0 Å². The topological polar surface area (TPSA) is 59.4 Å². The van der Waals surface area contributed by atoms with E-state index in [1.807, 2.05) is 66.2 Å². The van der Waals surface area contributed by atoms with E-state index >= 15 is 0 Å². The zero-order chi connectivity index (χ0) is 19.8. The fraction of sp³-hybridized carbons (Fsp3) is 0.273. The summed E-state index contributed by atoms with van der Waals surface area (Å²) in [6, 6.07) is 15.4. The van der Waals surface area contributed by atoms with E-state index in [0.29, 0.717) is 24.5 Å². The van der Waals surface area contributed by atoms with Crippen LogP contribution in [0.25, 0.3) is 0 Å². The van der Waals surface area contributed by atoms with Crippen LogP contribution in [0.1, 0.15) is 21.5 Å². The highest BCUT2D eigenvalue weighted by molar-refractivity contribution is 5.96. The van der Waals surface area contributed by atoms with Crippen LogP contribution < -0.4 is 10.1 Å². The van der Waals surface area contributed by atoms with E-state index in [0.717, 1.165) is 24.2 Å². The number of likely N-dealkylation sites (N-methyl/N-ethyl adjacent to an activating group) is 1. The summed E-state index contributed by atoms with van der Waals surface area (Å²) in [5, 5.41) is 3.02. The summed E-state index contributed by atoms with van der Waals surface area (Å²) >= 11 is 0. The number of imidazole rings is 1. The molecule has 0 atom stereocenters. The first-order valence-electron chi connectivity index (χ1n) is 9.31. The molecule has 2 aromatic carbocycles. The maximum absolute atomic E-state index is 12.7. The summed E-state index contributed by atoms with van der Waals surface area (Å²) in [7, 11) is 3.98. The molecule has 6 nitrogen and oxygen atoms in total. The van der Waals surface area contributed by atoms with Crippen LogP contribution in [-0.4, -0.2) is 47.6 Å². The number of nitrogens with zero attached hydrogens (tertiary/aromatic N) is 3. The van der Waals surface area contributed by atoms with Gasteiger partial charge in [-0.1, -0.05) is 36.4 Å². The SMILES string of the molecule is CN(C)CCOc1ccccc1C(=O)NCc1ccccc1Cn1ccnc1. The van der Waals surface area contributed by atoms with E-state index in [1.54, 1.807) is 18.6 Å². The van der Waals surface area contributed by atoms with Gasteiger partial charge in [0.15, 0.2) is 0 Å². The summed E-state index contributed by atoms with van der Waals surface area (Å²) in [6.45, 7) is 2.49. The molecule has 1 heterocycles. The first-order valence-corrected chi connectivity index (χ1v) is 9.31. The van der Waals surface area contributed by atoms with Gasteiger partial charge in [-0.25, -0.2) is 4.98 Å². The smallest absolute Gasteiger partial charge is 0.255 e. The third-order valence-corrected chi connectivity index (χ3v) is 4.40. The molecular weight excluding hydrogens is 352 g/mol. The molecule has 28 heavy (non-hydrogen) atoms. The minimum absolute atomic E-state index is 0.141. The van der Waals surface area contributed by atoms with Crippen LogP contribution >= 0.6 is 0 Å². The van der Waals surface area contributed by atoms with Crippen molar-refractivity contribution >= 4 is 5.91 Å². The molecule has 0 aliphatic rings. The number of para-hydroxylation sites is 1. The van der Waals surface area contributed by atoms with Crippen molar-refractivity contribution in [2.45, 2.75) is 13.1 Å². The van der Waals surface area contributed by atoms with Crippen molar-refractivity contribution in [3.05, 3.63) is 83.9 Å². The number of carbonyl (C=O) groups is 1. The molecule has 1 N–H and O–H groups in total. The second-order valence-electron chi connectivity index (χ2n) is 6.83. The van der Waals surface area contributed by atoms with Crippen molar-refractivity contribution in [1.82, 2.24) is 19.8 Å². The molecule has 1 amide bonds. The number of aromatic nitrogens is 2. The number of nitrogens with one attached hydrogen (secondary N) is 1.